The number of benzene rings is 1. The SMILES string of the molecule is Cc1ccc(Cc2nnc(NC(=O)c3ccc(Br)o3)o2)c(C)c1. The van der Waals surface area contributed by atoms with Crippen LogP contribution in [0.5, 0.6) is 0 Å². The van der Waals surface area contributed by atoms with E-state index in [4.69, 9.17) is 8.83 Å². The van der Waals surface area contributed by atoms with Crippen LogP contribution in [0.3, 0.4) is 0 Å². The number of amides is 1. The van der Waals surface area contributed by atoms with Crippen LogP contribution in [0.15, 0.2) is 43.8 Å². The molecule has 0 unspecified atom stereocenters. The average molecular weight is 376 g/mol. The standard InChI is InChI=1S/C16H14BrN3O3/c1-9-3-4-11(10(2)7-9)8-14-19-20-16(23-14)18-15(21)12-5-6-13(17)22-12/h3-7H,8H2,1-2H3,(H,18,20,21). The summed E-state index contributed by atoms with van der Waals surface area (Å²) >= 11 is 3.14. The van der Waals surface area contributed by atoms with Crippen LogP contribution in [-0.2, 0) is 6.42 Å². The number of rotatable bonds is 4. The van der Waals surface area contributed by atoms with E-state index in [0.29, 0.717) is 17.0 Å². The predicted octanol–water partition coefficient (Wildman–Crippen LogP) is 3.89. The number of furan rings is 1. The molecule has 0 fully saturated rings. The maximum atomic E-state index is 11.9. The first-order valence-corrected chi connectivity index (χ1v) is 7.76. The van der Waals surface area contributed by atoms with E-state index in [1.165, 1.54) is 5.56 Å². The highest BCUT2D eigenvalue weighted by Gasteiger charge is 2.15. The highest BCUT2D eigenvalue weighted by atomic mass is 79.9. The third-order valence-electron chi connectivity index (χ3n) is 3.32. The number of halogens is 1. The van der Waals surface area contributed by atoms with Gasteiger partial charge in [-0.2, -0.15) is 0 Å². The molecule has 0 bridgehead atoms. The molecule has 118 valence electrons. The monoisotopic (exact) mass is 375 g/mol. The topological polar surface area (TPSA) is 81.2 Å². The van der Waals surface area contributed by atoms with Crippen LogP contribution in [0.4, 0.5) is 6.01 Å². The summed E-state index contributed by atoms with van der Waals surface area (Å²) < 4.78 is 11.1. The zero-order valence-electron chi connectivity index (χ0n) is 12.6. The van der Waals surface area contributed by atoms with E-state index in [0.717, 1.165) is 11.1 Å². The summed E-state index contributed by atoms with van der Waals surface area (Å²) in [5, 5.41) is 10.3. The van der Waals surface area contributed by atoms with Gasteiger partial charge < -0.3 is 8.83 Å². The van der Waals surface area contributed by atoms with Gasteiger partial charge in [0.1, 0.15) is 0 Å². The number of carbonyl (C=O) groups excluding carboxylic acids is 1. The van der Waals surface area contributed by atoms with Crippen molar-refractivity contribution in [2.24, 2.45) is 0 Å². The summed E-state index contributed by atoms with van der Waals surface area (Å²) in [7, 11) is 0. The molecular formula is C16H14BrN3O3. The van der Waals surface area contributed by atoms with E-state index < -0.39 is 5.91 Å². The Balaban J connectivity index is 1.69. The molecule has 2 heterocycles. The Morgan fingerprint density at radius 1 is 1.17 bits per heavy atom. The van der Waals surface area contributed by atoms with Crippen LogP contribution in [0.25, 0.3) is 0 Å². The van der Waals surface area contributed by atoms with Crippen molar-refractivity contribution in [2.75, 3.05) is 5.32 Å². The third kappa shape index (κ3) is 3.68. The quantitative estimate of drug-likeness (QED) is 0.747. The number of nitrogens with one attached hydrogen (secondary N) is 1. The number of nitrogens with zero attached hydrogens (tertiary/aromatic N) is 2. The Morgan fingerprint density at radius 3 is 2.70 bits per heavy atom. The molecule has 1 N–H and O–H groups in total. The minimum Gasteiger partial charge on any atom is -0.444 e. The summed E-state index contributed by atoms with van der Waals surface area (Å²) in [6.45, 7) is 4.08. The Bertz CT molecular complexity index is 854. The number of aryl methyl sites for hydroxylation is 2. The Labute approximate surface area is 141 Å². The Hall–Kier alpha value is -2.41. The smallest absolute Gasteiger partial charge is 0.322 e. The van der Waals surface area contributed by atoms with Gasteiger partial charge in [0.2, 0.25) is 5.89 Å². The van der Waals surface area contributed by atoms with Crippen molar-refractivity contribution in [3.8, 4) is 0 Å². The zero-order valence-corrected chi connectivity index (χ0v) is 14.2. The maximum absolute atomic E-state index is 11.9. The van der Waals surface area contributed by atoms with Gasteiger partial charge >= 0.3 is 6.01 Å². The number of hydrogen-bond acceptors (Lipinski definition) is 5. The predicted molar refractivity (Wildman–Crippen MR) is 87.4 cm³/mol. The van der Waals surface area contributed by atoms with Crippen LogP contribution < -0.4 is 5.32 Å². The van der Waals surface area contributed by atoms with Gasteiger partial charge in [-0.05, 0) is 53.0 Å². The van der Waals surface area contributed by atoms with Crippen molar-refractivity contribution in [1.29, 1.82) is 0 Å². The molecule has 0 spiro atoms. The van der Waals surface area contributed by atoms with Crippen LogP contribution in [0.2, 0.25) is 0 Å². The summed E-state index contributed by atoms with van der Waals surface area (Å²) in [4.78, 5) is 11.9. The molecule has 0 radical (unpaired) electrons. The van der Waals surface area contributed by atoms with E-state index in [9.17, 15) is 4.79 Å². The van der Waals surface area contributed by atoms with Gasteiger partial charge in [-0.25, -0.2) is 0 Å². The lowest BCUT2D eigenvalue weighted by Gasteiger charge is -2.03. The summed E-state index contributed by atoms with van der Waals surface area (Å²) in [6, 6.07) is 9.40. The molecule has 23 heavy (non-hydrogen) atoms. The normalized spacial score (nSPS) is 10.7. The number of hydrogen-bond donors (Lipinski definition) is 1. The molecule has 0 atom stereocenters. The van der Waals surface area contributed by atoms with E-state index in [-0.39, 0.29) is 11.8 Å². The van der Waals surface area contributed by atoms with Crippen molar-refractivity contribution in [2.45, 2.75) is 20.3 Å². The van der Waals surface area contributed by atoms with Crippen LogP contribution >= 0.6 is 15.9 Å². The highest BCUT2D eigenvalue weighted by molar-refractivity contribution is 9.10. The number of aromatic nitrogens is 2. The van der Waals surface area contributed by atoms with Gasteiger partial charge in [-0.3, -0.25) is 10.1 Å². The number of carbonyl (C=O) groups is 1. The van der Waals surface area contributed by atoms with E-state index >= 15 is 0 Å². The molecule has 2 aromatic heterocycles. The van der Waals surface area contributed by atoms with Gasteiger partial charge in [0, 0.05) is 0 Å². The van der Waals surface area contributed by atoms with Gasteiger partial charge in [-0.1, -0.05) is 28.9 Å². The first kappa shape index (κ1) is 15.5. The third-order valence-corrected chi connectivity index (χ3v) is 3.75. The van der Waals surface area contributed by atoms with Crippen LogP contribution in [-0.4, -0.2) is 16.1 Å². The highest BCUT2D eigenvalue weighted by Crippen LogP contribution is 2.18. The molecule has 0 aliphatic heterocycles. The summed E-state index contributed by atoms with van der Waals surface area (Å²) in [5.41, 5.74) is 3.47. The van der Waals surface area contributed by atoms with E-state index in [1.807, 2.05) is 26.0 Å². The second kappa shape index (κ2) is 6.37. The molecule has 3 rings (SSSR count). The van der Waals surface area contributed by atoms with Crippen molar-refractivity contribution in [3.05, 3.63) is 63.3 Å². The second-order valence-corrected chi connectivity index (χ2v) is 5.95. The molecule has 0 aliphatic rings. The molecule has 6 nitrogen and oxygen atoms in total. The molecule has 0 saturated carbocycles. The first-order chi connectivity index (χ1) is 11.0. The van der Waals surface area contributed by atoms with Crippen molar-refractivity contribution >= 4 is 27.9 Å². The molecule has 1 amide bonds. The van der Waals surface area contributed by atoms with Gasteiger partial charge in [0.15, 0.2) is 10.4 Å². The largest absolute Gasteiger partial charge is 0.444 e. The minimum atomic E-state index is -0.447. The summed E-state index contributed by atoms with van der Waals surface area (Å²) in [6.07, 6.45) is 0.515. The van der Waals surface area contributed by atoms with Crippen molar-refractivity contribution in [1.82, 2.24) is 10.2 Å². The average Bonchev–Trinajstić information content (AvgIpc) is 3.11. The lowest BCUT2D eigenvalue weighted by atomic mass is 10.0. The van der Waals surface area contributed by atoms with Gasteiger partial charge in [0.25, 0.3) is 5.91 Å². The van der Waals surface area contributed by atoms with Gasteiger partial charge in [-0.15, -0.1) is 5.10 Å². The fourth-order valence-corrected chi connectivity index (χ4v) is 2.48. The zero-order chi connectivity index (χ0) is 16.4. The molecule has 3 aromatic rings. The Kier molecular flexibility index (Phi) is 4.29. The first-order valence-electron chi connectivity index (χ1n) is 6.96. The van der Waals surface area contributed by atoms with Crippen LogP contribution in [0, 0.1) is 13.8 Å². The van der Waals surface area contributed by atoms with Crippen molar-refractivity contribution < 1.29 is 13.6 Å². The molecule has 0 aliphatic carbocycles. The van der Waals surface area contributed by atoms with E-state index in [1.54, 1.807) is 12.1 Å². The lowest BCUT2D eigenvalue weighted by Crippen LogP contribution is -2.10. The maximum Gasteiger partial charge on any atom is 0.322 e. The number of anilines is 1. The molecule has 1 aromatic carbocycles. The summed E-state index contributed by atoms with van der Waals surface area (Å²) in [5.74, 6) is 0.149. The Morgan fingerprint density at radius 2 is 2.00 bits per heavy atom. The molecule has 7 heteroatoms. The lowest BCUT2D eigenvalue weighted by molar-refractivity contribution is 0.0992. The molecule has 0 saturated heterocycles. The second-order valence-electron chi connectivity index (χ2n) is 5.17. The fourth-order valence-electron chi connectivity index (χ4n) is 2.18. The van der Waals surface area contributed by atoms with Gasteiger partial charge in [0.05, 0.1) is 6.42 Å². The fraction of sp³-hybridized carbons (Fsp3) is 0.188. The van der Waals surface area contributed by atoms with Crippen LogP contribution in [0.1, 0.15) is 33.1 Å². The van der Waals surface area contributed by atoms with Crippen molar-refractivity contribution in [3.63, 3.8) is 0 Å². The molecular weight excluding hydrogens is 362 g/mol. The minimum absolute atomic E-state index is 0.0438. The van der Waals surface area contributed by atoms with E-state index in [2.05, 4.69) is 37.5 Å².